The topological polar surface area (TPSA) is 59.2 Å². The van der Waals surface area contributed by atoms with E-state index in [1.165, 1.54) is 11.1 Å². The third kappa shape index (κ3) is 7.05. The number of hydrogen-bond donors (Lipinski definition) is 1. The zero-order valence-electron chi connectivity index (χ0n) is 32.3. The van der Waals surface area contributed by atoms with Crippen molar-refractivity contribution in [3.63, 3.8) is 0 Å². The number of pyridine rings is 1. The van der Waals surface area contributed by atoms with Gasteiger partial charge in [0.25, 0.3) is 0 Å². The summed E-state index contributed by atoms with van der Waals surface area (Å²) in [7, 11) is 0. The van der Waals surface area contributed by atoms with Crippen LogP contribution < -0.4 is 0 Å². The Bertz CT molecular complexity index is 2650. The van der Waals surface area contributed by atoms with Gasteiger partial charge in [0.15, 0.2) is 0 Å². The Balaban J connectivity index is 0.00000465. The molecule has 0 radical (unpaired) electrons. The van der Waals surface area contributed by atoms with Gasteiger partial charge in [0, 0.05) is 43.6 Å². The molecule has 0 aliphatic carbocycles. The van der Waals surface area contributed by atoms with Crippen molar-refractivity contribution in [2.45, 2.75) is 64.7 Å². The molecule has 55 heavy (non-hydrogen) atoms. The Morgan fingerprint density at radius 1 is 0.527 bits per heavy atom. The molecule has 1 N–H and O–H groups in total. The van der Waals surface area contributed by atoms with Crippen molar-refractivity contribution in [2.24, 2.45) is 0 Å². The molecule has 0 spiro atoms. The molecule has 0 aliphatic heterocycles. The number of para-hydroxylation sites is 1. The zero-order valence-corrected chi connectivity index (χ0v) is 34.6. The Labute approximate surface area is 338 Å². The molecule has 6 aromatic carbocycles. The van der Waals surface area contributed by atoms with Gasteiger partial charge >= 0.3 is 0 Å². The maximum absolute atomic E-state index is 11.2. The van der Waals surface area contributed by atoms with Crippen molar-refractivity contribution in [1.29, 1.82) is 0 Å². The third-order valence-corrected chi connectivity index (χ3v) is 11.1. The number of phenolic OH excluding ortho intramolecular Hbond substituents is 1. The molecule has 4 nitrogen and oxygen atoms in total. The Morgan fingerprint density at radius 3 is 1.75 bits per heavy atom. The minimum Gasteiger partial charge on any atom is -0.507 e. The van der Waals surface area contributed by atoms with E-state index in [9.17, 15) is 5.11 Å². The molecule has 0 fully saturated rings. The summed E-state index contributed by atoms with van der Waals surface area (Å²) in [6.45, 7) is 15.5. The number of benzene rings is 6. The molecule has 0 saturated heterocycles. The fourth-order valence-corrected chi connectivity index (χ4v) is 7.47. The molecular weight excluding hydrogens is 856 g/mol. The van der Waals surface area contributed by atoms with Gasteiger partial charge in [-0.1, -0.05) is 157 Å². The van der Waals surface area contributed by atoms with E-state index in [0.29, 0.717) is 22.6 Å². The van der Waals surface area contributed by atoms with Gasteiger partial charge in [-0.2, -0.15) is 0 Å². The van der Waals surface area contributed by atoms with Crippen LogP contribution in [0.5, 0.6) is 5.75 Å². The monoisotopic (exact) mass is 900 g/mol. The molecular formula is C50H45N2O2Pt-. The van der Waals surface area contributed by atoms with Gasteiger partial charge in [-0.3, -0.25) is 4.98 Å². The second kappa shape index (κ2) is 14.4. The van der Waals surface area contributed by atoms with Gasteiger partial charge in [-0.15, -0.1) is 34.9 Å². The summed E-state index contributed by atoms with van der Waals surface area (Å²) in [5.74, 6) is 0.508. The van der Waals surface area contributed by atoms with Crippen LogP contribution in [0.4, 0.5) is 0 Å². The maximum Gasteiger partial charge on any atom is 0.230 e. The van der Waals surface area contributed by atoms with E-state index in [4.69, 9.17) is 14.4 Å². The summed E-state index contributed by atoms with van der Waals surface area (Å²) in [6.07, 6.45) is 1.85. The first-order valence-corrected chi connectivity index (χ1v) is 18.6. The molecule has 0 unspecified atom stereocenters. The summed E-state index contributed by atoms with van der Waals surface area (Å²) in [4.78, 5) is 10.0. The summed E-state index contributed by atoms with van der Waals surface area (Å²) >= 11 is 0. The van der Waals surface area contributed by atoms with Crippen LogP contribution in [0.2, 0.25) is 0 Å². The summed E-state index contributed by atoms with van der Waals surface area (Å²) in [5, 5.41) is 12.2. The Morgan fingerprint density at radius 2 is 1.11 bits per heavy atom. The molecule has 0 aliphatic rings. The van der Waals surface area contributed by atoms with E-state index >= 15 is 0 Å². The fourth-order valence-electron chi connectivity index (χ4n) is 7.47. The quantitative estimate of drug-likeness (QED) is 0.162. The number of hydrogen-bond acceptors (Lipinski definition) is 4. The van der Waals surface area contributed by atoms with Crippen molar-refractivity contribution in [3.05, 3.63) is 174 Å². The van der Waals surface area contributed by atoms with Crippen molar-refractivity contribution in [3.8, 4) is 39.5 Å². The van der Waals surface area contributed by atoms with Crippen LogP contribution in [0.1, 0.15) is 76.3 Å². The van der Waals surface area contributed by atoms with E-state index in [-0.39, 0.29) is 43.1 Å². The molecule has 2 heterocycles. The first-order chi connectivity index (χ1) is 25.8. The van der Waals surface area contributed by atoms with Crippen LogP contribution in [-0.2, 0) is 37.3 Å². The van der Waals surface area contributed by atoms with E-state index < -0.39 is 0 Å². The number of aromatic hydroxyl groups is 1. The van der Waals surface area contributed by atoms with Crippen LogP contribution in [0, 0.1) is 6.07 Å². The number of rotatable bonds is 7. The van der Waals surface area contributed by atoms with E-state index in [0.717, 1.165) is 49.8 Å². The predicted molar refractivity (Wildman–Crippen MR) is 222 cm³/mol. The van der Waals surface area contributed by atoms with E-state index in [1.807, 2.05) is 30.5 Å². The average Bonchev–Trinajstić information content (AvgIpc) is 3.62. The van der Waals surface area contributed by atoms with Gasteiger partial charge in [0.2, 0.25) is 5.89 Å². The summed E-state index contributed by atoms with van der Waals surface area (Å²) in [5.41, 5.74) is 11.5. The smallest absolute Gasteiger partial charge is 0.230 e. The maximum atomic E-state index is 11.2. The molecule has 0 bridgehead atoms. The van der Waals surface area contributed by atoms with Crippen molar-refractivity contribution in [1.82, 2.24) is 9.97 Å². The number of nitrogens with zero attached hydrogens (tertiary/aromatic N) is 2. The van der Waals surface area contributed by atoms with Crippen LogP contribution in [-0.4, -0.2) is 15.1 Å². The molecule has 5 heteroatoms. The van der Waals surface area contributed by atoms with Crippen LogP contribution in [0.3, 0.4) is 0 Å². The predicted octanol–water partition coefficient (Wildman–Crippen LogP) is 12.8. The minimum absolute atomic E-state index is 0. The van der Waals surface area contributed by atoms with Crippen molar-refractivity contribution < 1.29 is 30.6 Å². The Kier molecular flexibility index (Phi) is 9.94. The molecule has 0 amide bonds. The summed E-state index contributed by atoms with van der Waals surface area (Å²) in [6, 6.07) is 50.1. The second-order valence-electron chi connectivity index (χ2n) is 16.4. The SMILES string of the molecule is CC(C)(C)c1ccc(O)c(-c2nc3c(-c4[c-]c(-c5cccc6cccnc56)cc(C(C)(C)c5ccccc5)c4)cc(C(C)(C)c4ccccc4)cc3o2)c1.[Pt]. The molecule has 8 rings (SSSR count). The number of oxazole rings is 1. The van der Waals surface area contributed by atoms with Gasteiger partial charge in [0.1, 0.15) is 11.3 Å². The summed E-state index contributed by atoms with van der Waals surface area (Å²) < 4.78 is 6.68. The van der Waals surface area contributed by atoms with E-state index in [1.54, 1.807) is 6.07 Å². The molecule has 8 aromatic rings. The van der Waals surface area contributed by atoms with Crippen LogP contribution in [0.25, 0.3) is 55.7 Å². The first-order valence-electron chi connectivity index (χ1n) is 18.6. The fraction of sp³-hybridized carbons (Fsp3) is 0.200. The van der Waals surface area contributed by atoms with Gasteiger partial charge in [0.05, 0.1) is 11.1 Å². The van der Waals surface area contributed by atoms with Crippen molar-refractivity contribution >= 4 is 22.0 Å². The van der Waals surface area contributed by atoms with Crippen LogP contribution in [0.15, 0.2) is 144 Å². The molecule has 278 valence electrons. The number of aromatic nitrogens is 2. The number of fused-ring (bicyclic) bond motifs is 2. The van der Waals surface area contributed by atoms with E-state index in [2.05, 4.69) is 158 Å². The Hall–Kier alpha value is -5.31. The van der Waals surface area contributed by atoms with Crippen LogP contribution >= 0.6 is 0 Å². The van der Waals surface area contributed by atoms with Gasteiger partial charge < -0.3 is 9.52 Å². The van der Waals surface area contributed by atoms with Crippen molar-refractivity contribution in [2.75, 3.05) is 0 Å². The third-order valence-electron chi connectivity index (χ3n) is 11.1. The first kappa shape index (κ1) is 38.0. The molecule has 2 aromatic heterocycles. The standard InChI is InChI=1S/C50H45N2O2.Pt/c1-48(2,3)37-23-24-43(53)42(29-37)47-52-46-41(30-39(31-44(46)54-47)50(6,7)36-20-12-9-13-21-36)34-26-33(40-22-14-16-32-17-15-25-51-45(32)40)27-38(28-34)49(4,5)35-18-10-8-11-19-35;/h8-25,27-31,53H,1-7H3;/q-1;. The van der Waals surface area contributed by atoms with Gasteiger partial charge in [-0.05, 0) is 57.3 Å². The second-order valence-corrected chi connectivity index (χ2v) is 16.4. The number of phenols is 1. The zero-order chi connectivity index (χ0) is 37.8. The average molecular weight is 901 g/mol. The molecule has 0 saturated carbocycles. The van der Waals surface area contributed by atoms with Gasteiger partial charge in [-0.25, -0.2) is 4.98 Å². The largest absolute Gasteiger partial charge is 0.507 e. The minimum atomic E-state index is -0.366. The molecule has 0 atom stereocenters. The normalized spacial score (nSPS) is 12.2.